The fourth-order valence-corrected chi connectivity index (χ4v) is 6.20. The van der Waals surface area contributed by atoms with Crippen molar-refractivity contribution in [2.24, 2.45) is 5.92 Å². The molecule has 0 saturated carbocycles. The predicted molar refractivity (Wildman–Crippen MR) is 123 cm³/mol. The smallest absolute Gasteiger partial charge is 0.267 e. The van der Waals surface area contributed by atoms with Crippen LogP contribution in [0.5, 0.6) is 0 Å². The van der Waals surface area contributed by atoms with Crippen LogP contribution in [0.3, 0.4) is 0 Å². The summed E-state index contributed by atoms with van der Waals surface area (Å²) in [6, 6.07) is 24.5. The van der Waals surface area contributed by atoms with E-state index in [9.17, 15) is 13.5 Å². The normalized spacial score (nSPS) is 21.3. The second-order valence-electron chi connectivity index (χ2n) is 8.21. The number of H-pyrrole nitrogens is 1. The fourth-order valence-electron chi connectivity index (χ4n) is 4.64. The van der Waals surface area contributed by atoms with Gasteiger partial charge in [-0.15, -0.1) is 0 Å². The third-order valence-electron chi connectivity index (χ3n) is 6.23. The molecule has 6 heteroatoms. The van der Waals surface area contributed by atoms with Crippen molar-refractivity contribution in [3.8, 4) is 0 Å². The van der Waals surface area contributed by atoms with Crippen molar-refractivity contribution in [2.45, 2.75) is 30.9 Å². The molecule has 2 heterocycles. The minimum atomic E-state index is -3.98. The maximum absolute atomic E-state index is 13.7. The van der Waals surface area contributed by atoms with Crippen LogP contribution in [0.4, 0.5) is 5.82 Å². The number of aromatic amines is 1. The van der Waals surface area contributed by atoms with Gasteiger partial charge in [0.05, 0.1) is 4.90 Å². The Labute approximate surface area is 182 Å². The minimum Gasteiger partial charge on any atom is -0.372 e. The molecule has 0 amide bonds. The van der Waals surface area contributed by atoms with Gasteiger partial charge < -0.3 is 10.1 Å². The summed E-state index contributed by atoms with van der Waals surface area (Å²) in [5.74, 6) is -0.0672. The van der Waals surface area contributed by atoms with Crippen LogP contribution in [0.15, 0.2) is 83.8 Å². The zero-order valence-corrected chi connectivity index (χ0v) is 18.2. The highest BCUT2D eigenvalue weighted by atomic mass is 32.2. The standard InChI is InChI=1S/C25H24N2O3S/c1-16-12-14-19(15-13-16)31(29,30)27-24-23(20-10-6-7-11-21(20)26-24)22(17(2)25(27)28)18-8-4-3-5-9-18/h3-15,17,22,25-26,28H,1-2H3/t17-,22+,25-/m1/s1. The first-order valence-electron chi connectivity index (χ1n) is 10.3. The molecule has 1 aromatic heterocycles. The van der Waals surface area contributed by atoms with Crippen LogP contribution in [0.1, 0.15) is 29.5 Å². The van der Waals surface area contributed by atoms with E-state index in [0.29, 0.717) is 5.82 Å². The van der Waals surface area contributed by atoms with Crippen molar-refractivity contribution in [1.29, 1.82) is 0 Å². The lowest BCUT2D eigenvalue weighted by atomic mass is 9.78. The zero-order valence-electron chi connectivity index (χ0n) is 17.4. The highest BCUT2D eigenvalue weighted by Crippen LogP contribution is 2.49. The number of nitrogens with zero attached hydrogens (tertiary/aromatic N) is 1. The molecule has 3 aromatic carbocycles. The van der Waals surface area contributed by atoms with Crippen LogP contribution in [-0.2, 0) is 10.0 Å². The van der Waals surface area contributed by atoms with Crippen LogP contribution < -0.4 is 4.31 Å². The Morgan fingerprint density at radius 2 is 1.55 bits per heavy atom. The van der Waals surface area contributed by atoms with Crippen molar-refractivity contribution in [2.75, 3.05) is 4.31 Å². The largest absolute Gasteiger partial charge is 0.372 e. The van der Waals surface area contributed by atoms with Gasteiger partial charge in [-0.1, -0.05) is 73.2 Å². The number of hydrogen-bond acceptors (Lipinski definition) is 3. The highest BCUT2D eigenvalue weighted by molar-refractivity contribution is 7.92. The Kier molecular flexibility index (Phi) is 4.64. The summed E-state index contributed by atoms with van der Waals surface area (Å²) in [5.41, 5.74) is 3.77. The molecule has 158 valence electrons. The molecule has 0 aliphatic carbocycles. The monoisotopic (exact) mass is 432 g/mol. The van der Waals surface area contributed by atoms with E-state index in [1.54, 1.807) is 24.3 Å². The van der Waals surface area contributed by atoms with Crippen LogP contribution in [0, 0.1) is 12.8 Å². The van der Waals surface area contributed by atoms with Gasteiger partial charge in [0.2, 0.25) is 0 Å². The maximum Gasteiger partial charge on any atom is 0.267 e. The second kappa shape index (κ2) is 7.25. The first-order chi connectivity index (χ1) is 14.9. The van der Waals surface area contributed by atoms with Gasteiger partial charge in [-0.05, 0) is 30.7 Å². The first kappa shape index (κ1) is 19.8. The maximum atomic E-state index is 13.7. The number of aliphatic hydroxyl groups is 1. The SMILES string of the molecule is Cc1ccc(S(=O)(=O)N2c3[nH]c4ccccc4c3[C@H](c3ccccc3)[C@@H](C)[C@H]2O)cc1. The molecule has 5 rings (SSSR count). The number of aryl methyl sites for hydroxylation is 1. The Morgan fingerprint density at radius 1 is 0.903 bits per heavy atom. The van der Waals surface area contributed by atoms with Crippen LogP contribution in [0.2, 0.25) is 0 Å². The van der Waals surface area contributed by atoms with E-state index in [1.807, 2.05) is 68.4 Å². The van der Waals surface area contributed by atoms with Gasteiger partial charge in [0, 0.05) is 28.3 Å². The summed E-state index contributed by atoms with van der Waals surface area (Å²) >= 11 is 0. The van der Waals surface area contributed by atoms with Crippen molar-refractivity contribution in [1.82, 2.24) is 4.98 Å². The van der Waals surface area contributed by atoms with Gasteiger partial charge in [-0.2, -0.15) is 0 Å². The van der Waals surface area contributed by atoms with E-state index in [1.165, 1.54) is 0 Å². The van der Waals surface area contributed by atoms with E-state index in [4.69, 9.17) is 0 Å². The lowest BCUT2D eigenvalue weighted by molar-refractivity contribution is 0.112. The molecule has 0 unspecified atom stereocenters. The lowest BCUT2D eigenvalue weighted by Crippen LogP contribution is -2.49. The number of hydrogen-bond donors (Lipinski definition) is 2. The molecule has 5 nitrogen and oxygen atoms in total. The number of benzene rings is 3. The number of aliphatic hydroxyl groups excluding tert-OH is 1. The highest BCUT2D eigenvalue weighted by Gasteiger charge is 2.46. The van der Waals surface area contributed by atoms with Crippen molar-refractivity contribution in [3.63, 3.8) is 0 Å². The van der Waals surface area contributed by atoms with Gasteiger partial charge in [-0.3, -0.25) is 0 Å². The predicted octanol–water partition coefficient (Wildman–Crippen LogP) is 4.77. The summed E-state index contributed by atoms with van der Waals surface area (Å²) in [6.45, 7) is 3.82. The zero-order chi connectivity index (χ0) is 21.8. The number of aromatic nitrogens is 1. The minimum absolute atomic E-state index is 0.146. The molecule has 0 radical (unpaired) electrons. The molecule has 1 aliphatic rings. The molecule has 1 aliphatic heterocycles. The summed E-state index contributed by atoms with van der Waals surface area (Å²) in [7, 11) is -3.98. The molecular formula is C25H24N2O3S. The third-order valence-corrected chi connectivity index (χ3v) is 8.01. The third kappa shape index (κ3) is 3.06. The molecule has 0 fully saturated rings. The molecule has 31 heavy (non-hydrogen) atoms. The lowest BCUT2D eigenvalue weighted by Gasteiger charge is -2.41. The topological polar surface area (TPSA) is 73.4 Å². The van der Waals surface area contributed by atoms with E-state index in [0.717, 1.165) is 31.9 Å². The van der Waals surface area contributed by atoms with Crippen LogP contribution in [0.25, 0.3) is 10.9 Å². The quantitative estimate of drug-likeness (QED) is 0.490. The molecule has 0 spiro atoms. The Balaban J connectivity index is 1.78. The average molecular weight is 433 g/mol. The number of nitrogens with one attached hydrogen (secondary N) is 1. The van der Waals surface area contributed by atoms with Crippen molar-refractivity contribution in [3.05, 3.63) is 95.6 Å². The van der Waals surface area contributed by atoms with E-state index < -0.39 is 16.3 Å². The van der Waals surface area contributed by atoms with Crippen molar-refractivity contribution < 1.29 is 13.5 Å². The summed E-state index contributed by atoms with van der Waals surface area (Å²) in [6.07, 6.45) is -1.21. The van der Waals surface area contributed by atoms with Gasteiger partial charge >= 0.3 is 0 Å². The molecular weight excluding hydrogens is 408 g/mol. The number of rotatable bonds is 3. The van der Waals surface area contributed by atoms with Gasteiger partial charge in [0.1, 0.15) is 12.0 Å². The van der Waals surface area contributed by atoms with E-state index >= 15 is 0 Å². The second-order valence-corrected chi connectivity index (χ2v) is 10.0. The van der Waals surface area contributed by atoms with Crippen LogP contribution >= 0.6 is 0 Å². The van der Waals surface area contributed by atoms with Crippen molar-refractivity contribution >= 4 is 26.7 Å². The van der Waals surface area contributed by atoms with E-state index in [-0.39, 0.29) is 16.7 Å². The van der Waals surface area contributed by atoms with Gasteiger partial charge in [0.25, 0.3) is 10.0 Å². The number of anilines is 1. The number of sulfonamides is 1. The van der Waals surface area contributed by atoms with Gasteiger partial charge in [-0.25, -0.2) is 12.7 Å². The Hall–Kier alpha value is -3.09. The van der Waals surface area contributed by atoms with E-state index in [2.05, 4.69) is 4.98 Å². The first-order valence-corrected chi connectivity index (χ1v) is 11.8. The van der Waals surface area contributed by atoms with Crippen LogP contribution in [-0.4, -0.2) is 24.7 Å². The average Bonchev–Trinajstić information content (AvgIpc) is 3.14. The fraction of sp³-hybridized carbons (Fsp3) is 0.200. The molecule has 4 aromatic rings. The van der Waals surface area contributed by atoms with Gasteiger partial charge in [0.15, 0.2) is 0 Å². The summed E-state index contributed by atoms with van der Waals surface area (Å²) in [4.78, 5) is 3.45. The Morgan fingerprint density at radius 3 is 2.26 bits per heavy atom. The summed E-state index contributed by atoms with van der Waals surface area (Å²) < 4.78 is 28.5. The molecule has 0 bridgehead atoms. The molecule has 2 N–H and O–H groups in total. The summed E-state index contributed by atoms with van der Waals surface area (Å²) in [5, 5.41) is 12.3. The molecule has 3 atom stereocenters. The number of para-hydroxylation sites is 1. The number of fused-ring (bicyclic) bond motifs is 3. The Bertz CT molecular complexity index is 1340. The molecule has 0 saturated heterocycles.